The minimum Gasteiger partial charge on any atom is -0.468 e. The summed E-state index contributed by atoms with van der Waals surface area (Å²) in [7, 11) is -19.1. The second-order valence-electron chi connectivity index (χ2n) is 31.5. The number of rotatable bonds is 27. The van der Waals surface area contributed by atoms with E-state index in [1.807, 2.05) is 196 Å². The highest BCUT2D eigenvalue weighted by molar-refractivity contribution is 7.93. The summed E-state index contributed by atoms with van der Waals surface area (Å²) in [6.07, 6.45) is 2.61. The van der Waals surface area contributed by atoms with E-state index in [2.05, 4.69) is 39.6 Å². The van der Waals surface area contributed by atoms with Crippen LogP contribution in [0.25, 0.3) is 0 Å². The average molecular weight is 2060 g/mol. The number of primary amides is 1. The lowest BCUT2D eigenvalue weighted by molar-refractivity contribution is -0.139. The molecule has 10 aromatic carbocycles. The van der Waals surface area contributed by atoms with Crippen molar-refractivity contribution in [2.45, 2.75) is 142 Å². The fourth-order valence-electron chi connectivity index (χ4n) is 10.6. The smallest absolute Gasteiger partial charge is 0.411 e. The van der Waals surface area contributed by atoms with Gasteiger partial charge in [0.25, 0.3) is 11.8 Å². The maximum atomic E-state index is 12.2. The number of sulfonamides is 7. The number of carbonyl (C=O) groups excluding carboxylic acids is 5. The van der Waals surface area contributed by atoms with Gasteiger partial charge in [-0.15, -0.1) is 0 Å². The lowest BCUT2D eigenvalue weighted by atomic mass is 10.1. The third-order valence-corrected chi connectivity index (χ3v) is 29.2. The first kappa shape index (κ1) is 123. The Morgan fingerprint density at radius 1 is 0.460 bits per heavy atom. The molecule has 1 aliphatic heterocycles. The van der Waals surface area contributed by atoms with Gasteiger partial charge < -0.3 is 35.8 Å². The largest absolute Gasteiger partial charge is 0.468 e. The van der Waals surface area contributed by atoms with Gasteiger partial charge in [0.1, 0.15) is 6.54 Å². The van der Waals surface area contributed by atoms with E-state index in [9.17, 15) is 82.9 Å². The molecule has 41 heteroatoms. The number of esters is 1. The number of primary sulfonamides is 1. The molecule has 1 fully saturated rings. The number of hydrogen-bond acceptors (Lipinski definition) is 23. The number of nitrogens with zero attached hydrogens (tertiary/aromatic N) is 3. The van der Waals surface area contributed by atoms with Crippen molar-refractivity contribution in [2.75, 3.05) is 117 Å². The first-order valence-electron chi connectivity index (χ1n) is 43.7. The van der Waals surface area contributed by atoms with E-state index in [-0.39, 0.29) is 58.5 Å². The number of methoxy groups -OCH3 is 1. The summed E-state index contributed by atoms with van der Waals surface area (Å²) >= 11 is 0. The van der Waals surface area contributed by atoms with Gasteiger partial charge in [0, 0.05) is 69.3 Å². The van der Waals surface area contributed by atoms with Gasteiger partial charge in [0.2, 0.25) is 76.1 Å². The molecule has 139 heavy (non-hydrogen) atoms. The number of amides is 4. The molecule has 0 unspecified atom stereocenters. The molecule has 11 rings (SSSR count). The fourth-order valence-corrected chi connectivity index (χ4v) is 16.4. The number of anilines is 4. The number of nitrogens with two attached hydrogens (primary N) is 2. The number of ether oxygens (including phenoxy) is 2. The van der Waals surface area contributed by atoms with Gasteiger partial charge in [0.05, 0.1) is 75.1 Å². The SMILES string of the molecule is CCCNS(=O)(=O)c1ccc(C)cc1.CCOC(=O)Nc1ccc(C)cc1.CCS(=O)(=O)N(C)c1ccc(C)cc1.COC(=O)CNS(=O)(=O)c1ccc(C)cc1.Cc1ccc(C(=O)N2CCCNCC2)cc1.Cc1ccc(C(=O)NCC(N)=O)cc1.Cc1ccc(N(C)S(C)(=O)=O)cc1.Cc1ccc(NS(=O)(=O)C(C)C)cc1.Cc1ccc(S(=O)(=O)NCCO)cc1.Cc1cccc(S(N)(=O)=O)c1. The molecule has 1 aliphatic rings. The fraction of sp³-hybridized carbons (Fsp3) is 0.337. The average Bonchev–Trinajstić information content (AvgIpc) is 1.37. The molecule has 1 saturated heterocycles. The highest BCUT2D eigenvalue weighted by atomic mass is 32.2. The van der Waals surface area contributed by atoms with Crippen molar-refractivity contribution in [3.8, 4) is 0 Å². The molecular weight excluding hydrogens is 1920 g/mol. The van der Waals surface area contributed by atoms with Crippen molar-refractivity contribution in [1.29, 1.82) is 0 Å². The molecule has 762 valence electrons. The minimum absolute atomic E-state index is 0.0379. The molecule has 0 saturated carbocycles. The zero-order valence-electron chi connectivity index (χ0n) is 82.2. The predicted octanol–water partition coefficient (Wildman–Crippen LogP) is 12.6. The Labute approximate surface area is 823 Å². The quantitative estimate of drug-likeness (QED) is 0.0214. The number of nitrogens with one attached hydrogen (secondary N) is 7. The van der Waals surface area contributed by atoms with Crippen LogP contribution in [0.15, 0.2) is 262 Å². The maximum Gasteiger partial charge on any atom is 0.411 e. The summed E-state index contributed by atoms with van der Waals surface area (Å²) in [6, 6.07) is 70.6. The summed E-state index contributed by atoms with van der Waals surface area (Å²) in [6.45, 7) is 31.8. The first-order valence-corrected chi connectivity index (χ1v) is 54.7. The van der Waals surface area contributed by atoms with Crippen LogP contribution in [0, 0.1) is 69.2 Å². The van der Waals surface area contributed by atoms with Gasteiger partial charge in [-0.25, -0.2) is 78.3 Å². The highest BCUT2D eigenvalue weighted by Gasteiger charge is 2.21. The van der Waals surface area contributed by atoms with E-state index >= 15 is 0 Å². The molecule has 34 nitrogen and oxygen atoms in total. The van der Waals surface area contributed by atoms with Crippen LogP contribution < -0.4 is 54.3 Å². The number of aliphatic hydroxyl groups excluding tert-OH is 1. The zero-order valence-corrected chi connectivity index (χ0v) is 88.0. The third kappa shape index (κ3) is 50.0. The van der Waals surface area contributed by atoms with Crippen LogP contribution in [0.5, 0.6) is 0 Å². The summed E-state index contributed by atoms with van der Waals surface area (Å²) < 4.78 is 180. The number of benzene rings is 10. The molecule has 0 atom stereocenters. The molecule has 0 spiro atoms. The Morgan fingerprint density at radius 2 is 0.842 bits per heavy atom. The molecule has 12 N–H and O–H groups in total. The van der Waals surface area contributed by atoms with Crippen molar-refractivity contribution in [3.63, 3.8) is 0 Å². The van der Waals surface area contributed by atoms with Gasteiger partial charge in [-0.1, -0.05) is 178 Å². The van der Waals surface area contributed by atoms with Crippen molar-refractivity contribution >= 4 is 123 Å². The van der Waals surface area contributed by atoms with Crippen LogP contribution in [0.4, 0.5) is 27.5 Å². The number of aryl methyl sites for hydroxylation is 10. The van der Waals surface area contributed by atoms with E-state index in [0.717, 1.165) is 100 Å². The van der Waals surface area contributed by atoms with Crippen LogP contribution in [-0.4, -0.2) is 203 Å². The van der Waals surface area contributed by atoms with Crippen molar-refractivity contribution in [3.05, 3.63) is 309 Å². The van der Waals surface area contributed by atoms with Gasteiger partial charge in [-0.3, -0.25) is 37.8 Å². The molecule has 4 amide bonds. The Bertz CT molecular complexity index is 6200. The lowest BCUT2D eigenvalue weighted by Crippen LogP contribution is -2.34. The Morgan fingerprint density at radius 3 is 1.20 bits per heavy atom. The van der Waals surface area contributed by atoms with Gasteiger partial charge >= 0.3 is 12.1 Å². The molecule has 10 aromatic rings. The second kappa shape index (κ2) is 61.6. The molecule has 0 radical (unpaired) electrons. The first-order chi connectivity index (χ1) is 65.0. The number of aliphatic hydroxyl groups is 1. The van der Waals surface area contributed by atoms with Gasteiger partial charge in [-0.2, -0.15) is 4.72 Å². The van der Waals surface area contributed by atoms with Crippen LogP contribution in [0.2, 0.25) is 0 Å². The van der Waals surface area contributed by atoms with Crippen LogP contribution in [-0.2, 0) is 89.2 Å². The van der Waals surface area contributed by atoms with E-state index in [1.54, 1.807) is 133 Å². The molecule has 0 bridgehead atoms. The molecular formula is C98H136N12O22S7. The standard InChI is InChI=1S/C13H18N2O.C10H12N2O2.C10H13NO4S.3C10H15NO2S.C10H13NO2.C9H13NO3S.C9H13NO2S.C7H9NO2S/c1-11-3-5-12(6-4-11)13(16)15-9-2-7-14-8-10-15;1-7-2-4-8(5-3-7)10(14)12-6-9(11)13;1-8-3-5-9(6-4-8)16(13,14)11-7-10(12)15-2;1-8(2)14(12,13)11-10-6-4-9(3)5-7-10;1-4-14(12,13)11(3)10-7-5-9(2)6-8-10;1-3-8-11-14(12,13)10-6-4-9(2)5-7-10;1-3-13-10(12)11-9-6-4-8(2)5-7-9;1-8-2-4-9(5-3-8)14(12,13)10-6-7-11;1-8-4-6-9(7-5-8)10(2)13(3,11)12;1-6-3-2-4-7(5-6)11(8,9)10/h3-6,14H,2,7-10H2,1H3;2-5H,6H2,1H3,(H2,11,13)(H,12,14);3-6,11H,7H2,1-2H3;4-8,11H,1-3H3;5-8H,4H2,1-3H3;4-7,11H,3,8H2,1-2H3;4-7H,3H2,1-2H3,(H,11,12);2-5,10-11H,6-7H2,1H3;4-7H,1-3H3;2-5H,1H3,(H2,8,9,10). The van der Waals surface area contributed by atoms with Gasteiger partial charge in [0.15, 0.2) is 0 Å². The molecule has 0 aromatic heterocycles. The summed E-state index contributed by atoms with van der Waals surface area (Å²) in [5.41, 5.74) is 19.7. The summed E-state index contributed by atoms with van der Waals surface area (Å²) in [5, 5.41) is 21.3. The normalized spacial score (nSPS) is 11.7. The van der Waals surface area contributed by atoms with E-state index < -0.39 is 93.4 Å². The molecule has 0 aliphatic carbocycles. The number of carbonyl (C=O) groups is 5. The summed E-state index contributed by atoms with van der Waals surface area (Å²) in [4.78, 5) is 58.4. The van der Waals surface area contributed by atoms with E-state index in [4.69, 9.17) is 20.7 Å². The summed E-state index contributed by atoms with van der Waals surface area (Å²) in [5.74, 6) is -1.19. The van der Waals surface area contributed by atoms with Gasteiger partial charge in [-0.05, 0) is 243 Å². The van der Waals surface area contributed by atoms with E-state index in [1.165, 1.54) is 63.9 Å². The Kier molecular flexibility index (Phi) is 54.6. The van der Waals surface area contributed by atoms with Crippen molar-refractivity contribution in [1.82, 2.24) is 29.7 Å². The second-order valence-corrected chi connectivity index (χ2v) is 44.9. The zero-order chi connectivity index (χ0) is 105. The number of hydrogen-bond donors (Lipinski definition) is 10. The maximum absolute atomic E-state index is 12.2. The predicted molar refractivity (Wildman–Crippen MR) is 552 cm³/mol. The lowest BCUT2D eigenvalue weighted by Gasteiger charge is -2.19. The third-order valence-electron chi connectivity index (χ3n) is 19.1. The van der Waals surface area contributed by atoms with Crippen LogP contribution >= 0.6 is 0 Å². The minimum atomic E-state index is -3.63. The highest BCUT2D eigenvalue weighted by Crippen LogP contribution is 2.21. The molecule has 1 heterocycles. The van der Waals surface area contributed by atoms with Crippen molar-refractivity contribution < 1.29 is 97.5 Å². The van der Waals surface area contributed by atoms with Crippen molar-refractivity contribution in [2.24, 2.45) is 10.9 Å². The van der Waals surface area contributed by atoms with Crippen LogP contribution in [0.1, 0.15) is 124 Å². The Balaban J connectivity index is 0.000000523. The van der Waals surface area contributed by atoms with Crippen LogP contribution in [0.3, 0.4) is 0 Å². The topological polar surface area (TPSA) is 509 Å². The van der Waals surface area contributed by atoms with E-state index in [0.29, 0.717) is 40.7 Å². The monoisotopic (exact) mass is 2060 g/mol. The Hall–Kier alpha value is -11.8.